The summed E-state index contributed by atoms with van der Waals surface area (Å²) < 4.78 is 5.26. The lowest BCUT2D eigenvalue weighted by atomic mass is 9.96. The molecule has 2 heteroatoms. The molecule has 0 saturated carbocycles. The SMILES string of the molecule is CCC1CC(Cc2ccccc2)C(=O)O1. The number of esters is 1. The van der Waals surface area contributed by atoms with Gasteiger partial charge in [-0.2, -0.15) is 0 Å². The summed E-state index contributed by atoms with van der Waals surface area (Å²) in [7, 11) is 0. The Morgan fingerprint density at radius 2 is 2.07 bits per heavy atom. The van der Waals surface area contributed by atoms with Crippen LogP contribution in [0.2, 0.25) is 0 Å². The van der Waals surface area contributed by atoms with Gasteiger partial charge < -0.3 is 4.74 Å². The summed E-state index contributed by atoms with van der Waals surface area (Å²) in [6, 6.07) is 10.1. The molecule has 0 aliphatic carbocycles. The Morgan fingerprint density at radius 1 is 1.33 bits per heavy atom. The average Bonchev–Trinajstić information content (AvgIpc) is 2.61. The van der Waals surface area contributed by atoms with Crippen molar-refractivity contribution < 1.29 is 9.53 Å². The molecular formula is C13H16O2. The van der Waals surface area contributed by atoms with Gasteiger partial charge in [-0.3, -0.25) is 4.79 Å². The van der Waals surface area contributed by atoms with E-state index in [1.807, 2.05) is 18.2 Å². The van der Waals surface area contributed by atoms with Gasteiger partial charge in [-0.05, 0) is 24.8 Å². The number of carbonyl (C=O) groups is 1. The molecule has 1 aromatic rings. The van der Waals surface area contributed by atoms with Gasteiger partial charge in [-0.25, -0.2) is 0 Å². The fourth-order valence-electron chi connectivity index (χ4n) is 2.04. The van der Waals surface area contributed by atoms with Crippen LogP contribution in [0.25, 0.3) is 0 Å². The van der Waals surface area contributed by atoms with Gasteiger partial charge in [0.05, 0.1) is 5.92 Å². The Kier molecular flexibility index (Phi) is 3.05. The van der Waals surface area contributed by atoms with Gasteiger partial charge in [0.25, 0.3) is 0 Å². The maximum absolute atomic E-state index is 11.5. The number of benzene rings is 1. The highest BCUT2D eigenvalue weighted by molar-refractivity contribution is 5.75. The third-order valence-corrected chi connectivity index (χ3v) is 2.94. The zero-order valence-corrected chi connectivity index (χ0v) is 8.98. The van der Waals surface area contributed by atoms with Crippen LogP contribution in [-0.2, 0) is 16.0 Å². The molecule has 0 amide bonds. The molecule has 1 aliphatic heterocycles. The molecule has 0 bridgehead atoms. The highest BCUT2D eigenvalue weighted by atomic mass is 16.5. The third-order valence-electron chi connectivity index (χ3n) is 2.94. The molecule has 2 unspecified atom stereocenters. The van der Waals surface area contributed by atoms with Crippen molar-refractivity contribution in [3.05, 3.63) is 35.9 Å². The van der Waals surface area contributed by atoms with Crippen molar-refractivity contribution in [1.82, 2.24) is 0 Å². The van der Waals surface area contributed by atoms with E-state index < -0.39 is 0 Å². The van der Waals surface area contributed by atoms with E-state index in [2.05, 4.69) is 19.1 Å². The van der Waals surface area contributed by atoms with Crippen LogP contribution >= 0.6 is 0 Å². The first-order chi connectivity index (χ1) is 7.29. The quantitative estimate of drug-likeness (QED) is 0.707. The lowest BCUT2D eigenvalue weighted by Gasteiger charge is -2.04. The van der Waals surface area contributed by atoms with E-state index in [9.17, 15) is 4.79 Å². The smallest absolute Gasteiger partial charge is 0.309 e. The van der Waals surface area contributed by atoms with Gasteiger partial charge in [0.15, 0.2) is 0 Å². The van der Waals surface area contributed by atoms with Crippen LogP contribution in [0.1, 0.15) is 25.3 Å². The summed E-state index contributed by atoms with van der Waals surface area (Å²) >= 11 is 0. The van der Waals surface area contributed by atoms with Gasteiger partial charge in [-0.1, -0.05) is 37.3 Å². The van der Waals surface area contributed by atoms with Gasteiger partial charge in [0, 0.05) is 0 Å². The molecule has 0 spiro atoms. The molecule has 1 aromatic carbocycles. The molecule has 1 heterocycles. The normalized spacial score (nSPS) is 25.3. The van der Waals surface area contributed by atoms with Crippen molar-refractivity contribution >= 4 is 5.97 Å². The van der Waals surface area contributed by atoms with Crippen LogP contribution in [-0.4, -0.2) is 12.1 Å². The number of hydrogen-bond donors (Lipinski definition) is 0. The maximum atomic E-state index is 11.5. The first kappa shape index (κ1) is 10.2. The van der Waals surface area contributed by atoms with Crippen LogP contribution < -0.4 is 0 Å². The summed E-state index contributed by atoms with van der Waals surface area (Å²) in [5.41, 5.74) is 1.22. The Labute approximate surface area is 90.3 Å². The molecule has 0 aromatic heterocycles. The van der Waals surface area contributed by atoms with Crippen molar-refractivity contribution in [3.63, 3.8) is 0 Å². The van der Waals surface area contributed by atoms with Crippen molar-refractivity contribution in [2.45, 2.75) is 32.3 Å². The highest BCUT2D eigenvalue weighted by Crippen LogP contribution is 2.26. The monoisotopic (exact) mass is 204 g/mol. The zero-order valence-electron chi connectivity index (χ0n) is 8.98. The summed E-state index contributed by atoms with van der Waals surface area (Å²) in [5, 5.41) is 0. The first-order valence-corrected chi connectivity index (χ1v) is 5.54. The number of carbonyl (C=O) groups excluding carboxylic acids is 1. The van der Waals surface area contributed by atoms with E-state index >= 15 is 0 Å². The van der Waals surface area contributed by atoms with E-state index in [0.717, 1.165) is 19.3 Å². The molecular weight excluding hydrogens is 188 g/mol. The van der Waals surface area contributed by atoms with Crippen LogP contribution in [0, 0.1) is 5.92 Å². The van der Waals surface area contributed by atoms with Crippen molar-refractivity contribution in [2.24, 2.45) is 5.92 Å². The second-order valence-electron chi connectivity index (χ2n) is 4.09. The van der Waals surface area contributed by atoms with E-state index in [0.29, 0.717) is 0 Å². The third kappa shape index (κ3) is 2.38. The largest absolute Gasteiger partial charge is 0.462 e. The second kappa shape index (κ2) is 4.47. The predicted molar refractivity (Wildman–Crippen MR) is 58.4 cm³/mol. The molecule has 0 N–H and O–H groups in total. The van der Waals surface area contributed by atoms with E-state index in [-0.39, 0.29) is 18.0 Å². The van der Waals surface area contributed by atoms with Gasteiger partial charge in [-0.15, -0.1) is 0 Å². The molecule has 1 saturated heterocycles. The van der Waals surface area contributed by atoms with Crippen LogP contribution in [0.3, 0.4) is 0 Å². The molecule has 2 rings (SSSR count). The minimum Gasteiger partial charge on any atom is -0.462 e. The zero-order chi connectivity index (χ0) is 10.7. The first-order valence-electron chi connectivity index (χ1n) is 5.54. The Bertz CT molecular complexity index is 332. The molecule has 1 aliphatic rings. The topological polar surface area (TPSA) is 26.3 Å². The minimum atomic E-state index is -0.0225. The Balaban J connectivity index is 1.99. The molecule has 2 nitrogen and oxygen atoms in total. The van der Waals surface area contributed by atoms with Gasteiger partial charge in [0.1, 0.15) is 6.10 Å². The van der Waals surface area contributed by atoms with Crippen LogP contribution in [0.15, 0.2) is 30.3 Å². The number of cyclic esters (lactones) is 1. The summed E-state index contributed by atoms with van der Waals surface area (Å²) in [6.45, 7) is 2.06. The van der Waals surface area contributed by atoms with Crippen molar-refractivity contribution in [3.8, 4) is 0 Å². The summed E-state index contributed by atoms with van der Waals surface area (Å²) in [5.74, 6) is 0.0445. The standard InChI is InChI=1S/C13H16O2/c1-2-12-9-11(13(14)15-12)8-10-6-4-3-5-7-10/h3-7,11-12H,2,8-9H2,1H3. The van der Waals surface area contributed by atoms with Gasteiger partial charge in [0.2, 0.25) is 0 Å². The second-order valence-corrected chi connectivity index (χ2v) is 4.09. The van der Waals surface area contributed by atoms with E-state index in [4.69, 9.17) is 4.74 Å². The van der Waals surface area contributed by atoms with E-state index in [1.165, 1.54) is 5.56 Å². The van der Waals surface area contributed by atoms with Gasteiger partial charge >= 0.3 is 5.97 Å². The van der Waals surface area contributed by atoms with Crippen molar-refractivity contribution in [1.29, 1.82) is 0 Å². The molecule has 2 atom stereocenters. The number of hydrogen-bond acceptors (Lipinski definition) is 2. The van der Waals surface area contributed by atoms with Crippen LogP contribution in [0.5, 0.6) is 0 Å². The summed E-state index contributed by atoms with van der Waals surface area (Å²) in [4.78, 5) is 11.5. The predicted octanol–water partition coefficient (Wildman–Crippen LogP) is 2.57. The van der Waals surface area contributed by atoms with Crippen LogP contribution in [0.4, 0.5) is 0 Å². The Hall–Kier alpha value is -1.31. The highest BCUT2D eigenvalue weighted by Gasteiger charge is 2.32. The molecule has 80 valence electrons. The minimum absolute atomic E-state index is 0.0225. The average molecular weight is 204 g/mol. The maximum Gasteiger partial charge on any atom is 0.309 e. The number of ether oxygens (including phenoxy) is 1. The molecule has 15 heavy (non-hydrogen) atoms. The Morgan fingerprint density at radius 3 is 2.67 bits per heavy atom. The molecule has 0 radical (unpaired) electrons. The number of rotatable bonds is 3. The van der Waals surface area contributed by atoms with E-state index in [1.54, 1.807) is 0 Å². The van der Waals surface area contributed by atoms with Crippen molar-refractivity contribution in [2.75, 3.05) is 0 Å². The lowest BCUT2D eigenvalue weighted by molar-refractivity contribution is -0.144. The fourth-order valence-corrected chi connectivity index (χ4v) is 2.04. The molecule has 1 fully saturated rings. The fraction of sp³-hybridized carbons (Fsp3) is 0.462. The lowest BCUT2D eigenvalue weighted by Crippen LogP contribution is -2.10. The summed E-state index contributed by atoms with van der Waals surface area (Å²) in [6.07, 6.45) is 2.77.